The Kier molecular flexibility index (Phi) is 8.63. The maximum absolute atomic E-state index is 7.03. The van der Waals surface area contributed by atoms with Gasteiger partial charge < -0.3 is 8.85 Å². The SMILES string of the molecule is CCCO[Si](CC)(OC(CC)C1CCCCC1)C1CCCCC1. The molecule has 136 valence electrons. The van der Waals surface area contributed by atoms with Crippen LogP contribution in [0.4, 0.5) is 0 Å². The Hall–Kier alpha value is 0.137. The quantitative estimate of drug-likeness (QED) is 0.441. The molecule has 2 saturated carbocycles. The van der Waals surface area contributed by atoms with E-state index >= 15 is 0 Å². The summed E-state index contributed by atoms with van der Waals surface area (Å²) in [5.74, 6) is 0.793. The molecule has 0 radical (unpaired) electrons. The summed E-state index contributed by atoms with van der Waals surface area (Å²) in [6.07, 6.45) is 16.6. The van der Waals surface area contributed by atoms with E-state index in [0.29, 0.717) is 6.10 Å². The third-order valence-corrected chi connectivity index (χ3v) is 10.4. The highest BCUT2D eigenvalue weighted by molar-refractivity contribution is 6.69. The Bertz CT molecular complexity index is 311. The zero-order chi connectivity index (χ0) is 16.5. The van der Waals surface area contributed by atoms with Crippen molar-refractivity contribution in [3.63, 3.8) is 0 Å². The van der Waals surface area contributed by atoms with E-state index in [1.165, 1.54) is 70.6 Å². The molecule has 23 heavy (non-hydrogen) atoms. The largest absolute Gasteiger partial charge is 0.394 e. The molecule has 2 nitrogen and oxygen atoms in total. The first kappa shape index (κ1) is 19.5. The Morgan fingerprint density at radius 2 is 1.48 bits per heavy atom. The van der Waals surface area contributed by atoms with Crippen molar-refractivity contribution < 1.29 is 8.85 Å². The van der Waals surface area contributed by atoms with Gasteiger partial charge in [0.1, 0.15) is 0 Å². The fourth-order valence-electron chi connectivity index (χ4n) is 4.81. The smallest absolute Gasteiger partial charge is 0.341 e. The van der Waals surface area contributed by atoms with Crippen LogP contribution in [0.15, 0.2) is 0 Å². The van der Waals surface area contributed by atoms with Crippen LogP contribution in [0, 0.1) is 5.92 Å². The lowest BCUT2D eigenvalue weighted by Crippen LogP contribution is -2.51. The van der Waals surface area contributed by atoms with E-state index < -0.39 is 8.56 Å². The minimum Gasteiger partial charge on any atom is -0.394 e. The molecule has 0 N–H and O–H groups in total. The summed E-state index contributed by atoms with van der Waals surface area (Å²) in [7, 11) is -2.06. The van der Waals surface area contributed by atoms with Crippen LogP contribution in [0.3, 0.4) is 0 Å². The van der Waals surface area contributed by atoms with E-state index in [1.807, 2.05) is 0 Å². The van der Waals surface area contributed by atoms with Gasteiger partial charge in [-0.05, 0) is 50.5 Å². The van der Waals surface area contributed by atoms with Gasteiger partial charge in [0.05, 0.1) is 0 Å². The summed E-state index contributed by atoms with van der Waals surface area (Å²) >= 11 is 0. The van der Waals surface area contributed by atoms with Crippen molar-refractivity contribution in [1.29, 1.82) is 0 Å². The van der Waals surface area contributed by atoms with Crippen molar-refractivity contribution in [3.8, 4) is 0 Å². The third-order valence-electron chi connectivity index (χ3n) is 6.20. The van der Waals surface area contributed by atoms with Crippen LogP contribution in [-0.4, -0.2) is 21.3 Å². The molecule has 0 saturated heterocycles. The monoisotopic (exact) mass is 340 g/mol. The topological polar surface area (TPSA) is 18.5 Å². The lowest BCUT2D eigenvalue weighted by atomic mass is 9.84. The molecule has 2 fully saturated rings. The molecule has 0 aliphatic heterocycles. The maximum atomic E-state index is 7.03. The van der Waals surface area contributed by atoms with E-state index in [1.54, 1.807) is 0 Å². The first-order chi connectivity index (χ1) is 11.3. The lowest BCUT2D eigenvalue weighted by molar-refractivity contribution is 0.0465. The predicted molar refractivity (Wildman–Crippen MR) is 101 cm³/mol. The zero-order valence-electron chi connectivity index (χ0n) is 15.9. The molecule has 3 heteroatoms. The molecule has 2 aliphatic carbocycles. The van der Waals surface area contributed by atoms with E-state index in [4.69, 9.17) is 8.85 Å². The highest BCUT2D eigenvalue weighted by atomic mass is 28.4. The highest BCUT2D eigenvalue weighted by Gasteiger charge is 2.47. The van der Waals surface area contributed by atoms with Gasteiger partial charge in [0.15, 0.2) is 0 Å². The van der Waals surface area contributed by atoms with Crippen molar-refractivity contribution in [2.45, 2.75) is 116 Å². The van der Waals surface area contributed by atoms with Crippen molar-refractivity contribution in [1.82, 2.24) is 0 Å². The number of hydrogen-bond donors (Lipinski definition) is 0. The van der Waals surface area contributed by atoms with Crippen molar-refractivity contribution in [2.75, 3.05) is 6.61 Å². The fourth-order valence-corrected chi connectivity index (χ4v) is 8.97. The third kappa shape index (κ3) is 5.30. The van der Waals surface area contributed by atoms with Gasteiger partial charge in [-0.15, -0.1) is 0 Å². The molecule has 0 aromatic heterocycles. The van der Waals surface area contributed by atoms with Gasteiger partial charge in [-0.2, -0.15) is 0 Å². The van der Waals surface area contributed by atoms with Crippen LogP contribution in [-0.2, 0) is 8.85 Å². The Labute approximate surface area is 146 Å². The Balaban J connectivity index is 2.09. The molecule has 2 atom stereocenters. The fraction of sp³-hybridized carbons (Fsp3) is 1.00. The zero-order valence-corrected chi connectivity index (χ0v) is 16.9. The minimum absolute atomic E-state index is 0.459. The molecule has 0 aromatic rings. The second kappa shape index (κ2) is 10.2. The van der Waals surface area contributed by atoms with Gasteiger partial charge in [-0.3, -0.25) is 0 Å². The van der Waals surface area contributed by atoms with Gasteiger partial charge in [0.25, 0.3) is 0 Å². The van der Waals surface area contributed by atoms with Crippen LogP contribution in [0.5, 0.6) is 0 Å². The van der Waals surface area contributed by atoms with Crippen LogP contribution in [0.1, 0.15) is 97.8 Å². The molecule has 0 aromatic carbocycles. The maximum Gasteiger partial charge on any atom is 0.341 e. The summed E-state index contributed by atoms with van der Waals surface area (Å²) in [6, 6.07) is 1.14. The van der Waals surface area contributed by atoms with E-state index in [2.05, 4.69) is 20.8 Å². The molecule has 2 rings (SSSR count). The number of rotatable bonds is 9. The second-order valence-corrected chi connectivity index (χ2v) is 11.5. The van der Waals surface area contributed by atoms with Crippen LogP contribution >= 0.6 is 0 Å². The van der Waals surface area contributed by atoms with Gasteiger partial charge in [-0.1, -0.05) is 59.3 Å². The molecule has 0 spiro atoms. The summed E-state index contributed by atoms with van der Waals surface area (Å²) in [5.41, 5.74) is 0.741. The van der Waals surface area contributed by atoms with Crippen molar-refractivity contribution in [3.05, 3.63) is 0 Å². The summed E-state index contributed by atoms with van der Waals surface area (Å²) in [4.78, 5) is 0. The Morgan fingerprint density at radius 1 is 0.870 bits per heavy atom. The van der Waals surface area contributed by atoms with Crippen LogP contribution in [0.25, 0.3) is 0 Å². The van der Waals surface area contributed by atoms with Crippen molar-refractivity contribution >= 4 is 8.56 Å². The van der Waals surface area contributed by atoms with Crippen LogP contribution in [0.2, 0.25) is 11.6 Å². The minimum atomic E-state index is -2.06. The lowest BCUT2D eigenvalue weighted by Gasteiger charge is -2.43. The van der Waals surface area contributed by atoms with Crippen molar-refractivity contribution in [2.24, 2.45) is 5.92 Å². The Morgan fingerprint density at radius 3 is 2.00 bits per heavy atom. The molecular weight excluding hydrogens is 300 g/mol. The first-order valence-electron chi connectivity index (χ1n) is 10.6. The van der Waals surface area contributed by atoms with Gasteiger partial charge in [-0.25, -0.2) is 0 Å². The molecule has 0 bridgehead atoms. The molecular formula is C20H40O2Si. The normalized spacial score (nSPS) is 25.2. The molecule has 0 amide bonds. The predicted octanol–water partition coefficient (Wildman–Crippen LogP) is 6.58. The first-order valence-corrected chi connectivity index (χ1v) is 12.7. The molecule has 2 aliphatic rings. The van der Waals surface area contributed by atoms with Crippen LogP contribution < -0.4 is 0 Å². The van der Waals surface area contributed by atoms with Gasteiger partial charge in [0, 0.05) is 18.3 Å². The van der Waals surface area contributed by atoms with E-state index in [0.717, 1.165) is 30.5 Å². The standard InChI is InChI=1S/C20H40O2Si/c1-4-17-21-23(6-3,19-15-11-8-12-16-19)22-20(5-2)18-13-9-7-10-14-18/h18-20H,4-17H2,1-3H3. The molecule has 2 unspecified atom stereocenters. The van der Waals surface area contributed by atoms with E-state index in [9.17, 15) is 0 Å². The number of hydrogen-bond acceptors (Lipinski definition) is 2. The van der Waals surface area contributed by atoms with Gasteiger partial charge >= 0.3 is 8.56 Å². The summed E-state index contributed by atoms with van der Waals surface area (Å²) in [5, 5.41) is 0. The average molecular weight is 341 g/mol. The van der Waals surface area contributed by atoms with Gasteiger partial charge in [0.2, 0.25) is 0 Å². The summed E-state index contributed by atoms with van der Waals surface area (Å²) in [6.45, 7) is 7.80. The second-order valence-electron chi connectivity index (χ2n) is 7.81. The molecule has 0 heterocycles. The highest BCUT2D eigenvalue weighted by Crippen LogP contribution is 2.43. The van der Waals surface area contributed by atoms with E-state index in [-0.39, 0.29) is 0 Å². The average Bonchev–Trinajstić information content (AvgIpc) is 2.64. The summed E-state index contributed by atoms with van der Waals surface area (Å²) < 4.78 is 13.6.